The Morgan fingerprint density at radius 3 is 2.43 bits per heavy atom. The van der Waals surface area contributed by atoms with Crippen molar-refractivity contribution < 1.29 is 8.78 Å². The highest BCUT2D eigenvalue weighted by atomic mass is 19.1. The van der Waals surface area contributed by atoms with Crippen molar-refractivity contribution in [3.8, 4) is 0 Å². The van der Waals surface area contributed by atoms with E-state index in [1.807, 2.05) is 0 Å². The fourth-order valence-corrected chi connectivity index (χ4v) is 1.06. The average Bonchev–Trinajstić information content (AvgIpc) is 2.18. The van der Waals surface area contributed by atoms with Crippen molar-refractivity contribution >= 4 is 12.2 Å². The summed E-state index contributed by atoms with van der Waals surface area (Å²) in [7, 11) is 0. The lowest BCUT2D eigenvalue weighted by Crippen LogP contribution is -1.91. The number of hydrogen-bond donors (Lipinski definition) is 0. The molecule has 0 atom stereocenters. The van der Waals surface area contributed by atoms with E-state index in [0.29, 0.717) is 0 Å². The SMILES string of the molecule is C=CC=Cc1c(F)ccc(C=C)c1F. The predicted octanol–water partition coefficient (Wildman–Crippen LogP) is 3.81. The first-order valence-electron chi connectivity index (χ1n) is 4.10. The minimum Gasteiger partial charge on any atom is -0.206 e. The first-order chi connectivity index (χ1) is 6.70. The van der Waals surface area contributed by atoms with Crippen LogP contribution in [0.15, 0.2) is 37.4 Å². The summed E-state index contributed by atoms with van der Waals surface area (Å²) in [5.74, 6) is -1.19. The van der Waals surface area contributed by atoms with Crippen LogP contribution in [0.3, 0.4) is 0 Å². The molecule has 0 aliphatic carbocycles. The lowest BCUT2D eigenvalue weighted by atomic mass is 10.1. The molecule has 0 heterocycles. The number of allylic oxidation sites excluding steroid dienone is 2. The Morgan fingerprint density at radius 1 is 1.14 bits per heavy atom. The molecule has 0 radical (unpaired) electrons. The van der Waals surface area contributed by atoms with E-state index in [2.05, 4.69) is 13.2 Å². The minimum absolute atomic E-state index is 0.0673. The molecule has 1 aromatic rings. The molecule has 0 aliphatic rings. The van der Waals surface area contributed by atoms with Crippen LogP contribution in [0, 0.1) is 11.6 Å². The van der Waals surface area contributed by atoms with E-state index >= 15 is 0 Å². The van der Waals surface area contributed by atoms with Crippen LogP contribution in [-0.2, 0) is 0 Å². The van der Waals surface area contributed by atoms with Gasteiger partial charge in [-0.1, -0.05) is 31.4 Å². The molecule has 0 N–H and O–H groups in total. The number of rotatable bonds is 3. The molecule has 0 spiro atoms. The van der Waals surface area contributed by atoms with Gasteiger partial charge in [0.05, 0.1) is 0 Å². The van der Waals surface area contributed by atoms with Gasteiger partial charge in [0.1, 0.15) is 11.6 Å². The number of hydrogen-bond acceptors (Lipinski definition) is 0. The van der Waals surface area contributed by atoms with Crippen LogP contribution in [0.25, 0.3) is 12.2 Å². The van der Waals surface area contributed by atoms with Crippen LogP contribution in [0.2, 0.25) is 0 Å². The Hall–Kier alpha value is -1.70. The zero-order valence-electron chi connectivity index (χ0n) is 7.63. The van der Waals surface area contributed by atoms with Gasteiger partial charge in [-0.3, -0.25) is 0 Å². The van der Waals surface area contributed by atoms with Crippen molar-refractivity contribution in [3.05, 3.63) is 60.2 Å². The summed E-state index contributed by atoms with van der Waals surface area (Å²) in [4.78, 5) is 0. The van der Waals surface area contributed by atoms with E-state index in [1.54, 1.807) is 0 Å². The van der Waals surface area contributed by atoms with Gasteiger partial charge in [-0.15, -0.1) is 0 Å². The number of halogens is 2. The summed E-state index contributed by atoms with van der Waals surface area (Å²) in [6, 6.07) is 2.56. The van der Waals surface area contributed by atoms with Crippen LogP contribution in [0.5, 0.6) is 0 Å². The third-order valence-corrected chi connectivity index (χ3v) is 1.78. The van der Waals surface area contributed by atoms with Crippen LogP contribution >= 0.6 is 0 Å². The Morgan fingerprint density at radius 2 is 1.86 bits per heavy atom. The summed E-state index contributed by atoms with van der Waals surface area (Å²) in [5, 5.41) is 0. The molecule has 0 aromatic heterocycles. The van der Waals surface area contributed by atoms with Gasteiger partial charge in [0.15, 0.2) is 0 Å². The van der Waals surface area contributed by atoms with Gasteiger partial charge in [-0.05, 0) is 18.2 Å². The molecule has 2 heteroatoms. The molecule has 0 unspecified atom stereocenters. The van der Waals surface area contributed by atoms with E-state index in [1.165, 1.54) is 36.4 Å². The van der Waals surface area contributed by atoms with E-state index < -0.39 is 11.6 Å². The monoisotopic (exact) mass is 192 g/mol. The van der Waals surface area contributed by atoms with Crippen LogP contribution < -0.4 is 0 Å². The maximum atomic E-state index is 13.5. The zero-order valence-corrected chi connectivity index (χ0v) is 7.63. The van der Waals surface area contributed by atoms with Crippen molar-refractivity contribution in [2.75, 3.05) is 0 Å². The van der Waals surface area contributed by atoms with Crippen molar-refractivity contribution in [1.29, 1.82) is 0 Å². The van der Waals surface area contributed by atoms with Crippen LogP contribution in [0.1, 0.15) is 11.1 Å². The Kier molecular flexibility index (Phi) is 3.35. The largest absolute Gasteiger partial charge is 0.206 e. The van der Waals surface area contributed by atoms with Gasteiger partial charge in [0.25, 0.3) is 0 Å². The molecule has 0 aliphatic heterocycles. The van der Waals surface area contributed by atoms with Gasteiger partial charge < -0.3 is 0 Å². The molecule has 1 aromatic carbocycles. The molecule has 0 nitrogen and oxygen atoms in total. The zero-order chi connectivity index (χ0) is 10.6. The molecule has 0 fully saturated rings. The van der Waals surface area contributed by atoms with Crippen molar-refractivity contribution in [2.24, 2.45) is 0 Å². The lowest BCUT2D eigenvalue weighted by molar-refractivity contribution is 0.577. The fraction of sp³-hybridized carbons (Fsp3) is 0. The first-order valence-corrected chi connectivity index (χ1v) is 4.10. The molecular formula is C12H10F2. The predicted molar refractivity (Wildman–Crippen MR) is 55.7 cm³/mol. The normalized spacial score (nSPS) is 10.4. The van der Waals surface area contributed by atoms with Crippen molar-refractivity contribution in [1.82, 2.24) is 0 Å². The molecule has 0 saturated carbocycles. The molecule has 0 bridgehead atoms. The average molecular weight is 192 g/mol. The maximum Gasteiger partial charge on any atom is 0.140 e. The summed E-state index contributed by atoms with van der Waals surface area (Å²) in [6.07, 6.45) is 5.62. The molecule has 14 heavy (non-hydrogen) atoms. The molecule has 1 rings (SSSR count). The summed E-state index contributed by atoms with van der Waals surface area (Å²) in [6.45, 7) is 6.86. The smallest absolute Gasteiger partial charge is 0.140 e. The Labute approximate surface area is 81.9 Å². The molecule has 0 amide bonds. The highest BCUT2D eigenvalue weighted by Crippen LogP contribution is 2.19. The summed E-state index contributed by atoms with van der Waals surface area (Å²) < 4.78 is 26.6. The van der Waals surface area contributed by atoms with Gasteiger partial charge >= 0.3 is 0 Å². The van der Waals surface area contributed by atoms with Crippen LogP contribution in [0.4, 0.5) is 8.78 Å². The van der Waals surface area contributed by atoms with E-state index in [9.17, 15) is 8.78 Å². The molecule has 0 saturated heterocycles. The topological polar surface area (TPSA) is 0 Å². The quantitative estimate of drug-likeness (QED) is 0.639. The van der Waals surface area contributed by atoms with E-state index in [4.69, 9.17) is 0 Å². The minimum atomic E-state index is -0.599. The van der Waals surface area contributed by atoms with Gasteiger partial charge in [0, 0.05) is 11.1 Å². The van der Waals surface area contributed by atoms with Crippen LogP contribution in [-0.4, -0.2) is 0 Å². The summed E-state index contributed by atoms with van der Waals surface area (Å²) >= 11 is 0. The van der Waals surface area contributed by atoms with Gasteiger partial charge in [-0.25, -0.2) is 8.78 Å². The van der Waals surface area contributed by atoms with Gasteiger partial charge in [-0.2, -0.15) is 0 Å². The van der Waals surface area contributed by atoms with Gasteiger partial charge in [0.2, 0.25) is 0 Å². The lowest BCUT2D eigenvalue weighted by Gasteiger charge is -2.02. The second kappa shape index (κ2) is 4.51. The van der Waals surface area contributed by atoms with E-state index in [-0.39, 0.29) is 11.1 Å². The maximum absolute atomic E-state index is 13.5. The fourth-order valence-electron chi connectivity index (χ4n) is 1.06. The van der Waals surface area contributed by atoms with Crippen molar-refractivity contribution in [2.45, 2.75) is 0 Å². The number of benzene rings is 1. The second-order valence-corrected chi connectivity index (χ2v) is 2.66. The highest BCUT2D eigenvalue weighted by Gasteiger charge is 2.08. The highest BCUT2D eigenvalue weighted by molar-refractivity contribution is 5.59. The molecule has 72 valence electrons. The second-order valence-electron chi connectivity index (χ2n) is 2.66. The Balaban J connectivity index is 3.31. The summed E-state index contributed by atoms with van der Waals surface area (Å²) in [5.41, 5.74) is 0.220. The third-order valence-electron chi connectivity index (χ3n) is 1.78. The first kappa shape index (κ1) is 10.4. The van der Waals surface area contributed by atoms with Crippen molar-refractivity contribution in [3.63, 3.8) is 0 Å². The van der Waals surface area contributed by atoms with E-state index in [0.717, 1.165) is 0 Å². The molecular weight excluding hydrogens is 182 g/mol. The standard InChI is InChI=1S/C12H10F2/c1-3-5-6-10-11(13)8-7-9(4-2)12(10)14/h3-8H,1-2H2. The Bertz CT molecular complexity index is 390. The third kappa shape index (κ3) is 1.96.